The quantitative estimate of drug-likeness (QED) is 0.872. The predicted molar refractivity (Wildman–Crippen MR) is 86.2 cm³/mol. The minimum atomic E-state index is -3.47. The summed E-state index contributed by atoms with van der Waals surface area (Å²) in [4.78, 5) is 12.4. The molecule has 1 saturated carbocycles. The number of carbonyl (C=O) groups excluding carboxylic acids is 1. The van der Waals surface area contributed by atoms with Crippen LogP contribution in [-0.2, 0) is 10.0 Å². The Balaban J connectivity index is 1.99. The van der Waals surface area contributed by atoms with E-state index >= 15 is 0 Å². The average Bonchev–Trinajstić information content (AvgIpc) is 2.49. The Morgan fingerprint density at radius 1 is 1.14 bits per heavy atom. The van der Waals surface area contributed by atoms with Crippen molar-refractivity contribution in [3.8, 4) is 0 Å². The fourth-order valence-electron chi connectivity index (χ4n) is 2.73. The van der Waals surface area contributed by atoms with Crippen LogP contribution in [0.1, 0.15) is 49.9 Å². The van der Waals surface area contributed by atoms with E-state index in [9.17, 15) is 13.2 Å². The van der Waals surface area contributed by atoms with Crippen molar-refractivity contribution >= 4 is 15.9 Å². The summed E-state index contributed by atoms with van der Waals surface area (Å²) in [7, 11) is -3.47. The fourth-order valence-corrected chi connectivity index (χ4v) is 3.77. The monoisotopic (exact) mass is 324 g/mol. The molecule has 0 aliphatic heterocycles. The fraction of sp³-hybridized carbons (Fsp3) is 0.562. The lowest BCUT2D eigenvalue weighted by atomic mass is 9.87. The second kappa shape index (κ2) is 7.24. The topological polar surface area (TPSA) is 75.3 Å². The summed E-state index contributed by atoms with van der Waals surface area (Å²) in [6.45, 7) is 4.30. The van der Waals surface area contributed by atoms with Gasteiger partial charge in [0.2, 0.25) is 10.0 Å². The number of amides is 1. The molecule has 1 amide bonds. The molecule has 1 aliphatic carbocycles. The van der Waals surface area contributed by atoms with Crippen LogP contribution in [0.2, 0.25) is 0 Å². The molecule has 2 rings (SSSR count). The molecule has 2 N–H and O–H groups in total. The SMILES string of the molecule is CCNS(=O)(=O)c1ccc(C(=O)NC2CCC(C)CC2)cc1. The number of benzene rings is 1. The van der Waals surface area contributed by atoms with Gasteiger partial charge in [0.1, 0.15) is 0 Å². The Morgan fingerprint density at radius 3 is 2.27 bits per heavy atom. The Labute approximate surface area is 132 Å². The van der Waals surface area contributed by atoms with Gasteiger partial charge in [0.15, 0.2) is 0 Å². The van der Waals surface area contributed by atoms with E-state index in [1.807, 2.05) is 0 Å². The van der Waals surface area contributed by atoms with Crippen LogP contribution in [0, 0.1) is 5.92 Å². The lowest BCUT2D eigenvalue weighted by molar-refractivity contribution is 0.0923. The first kappa shape index (κ1) is 17.0. The molecular formula is C16H24N2O3S. The molecule has 0 unspecified atom stereocenters. The molecule has 0 spiro atoms. The van der Waals surface area contributed by atoms with Crippen molar-refractivity contribution in [2.45, 2.75) is 50.5 Å². The van der Waals surface area contributed by atoms with Gasteiger partial charge in [0.05, 0.1) is 4.90 Å². The second-order valence-corrected chi connectivity index (χ2v) is 7.72. The Bertz CT molecular complexity index is 603. The highest BCUT2D eigenvalue weighted by molar-refractivity contribution is 7.89. The molecule has 0 radical (unpaired) electrons. The first-order valence-corrected chi connectivity index (χ1v) is 9.31. The second-order valence-electron chi connectivity index (χ2n) is 5.96. The Kier molecular flexibility index (Phi) is 5.58. The summed E-state index contributed by atoms with van der Waals surface area (Å²) in [6, 6.07) is 6.29. The van der Waals surface area contributed by atoms with Gasteiger partial charge in [0, 0.05) is 18.2 Å². The highest BCUT2D eigenvalue weighted by atomic mass is 32.2. The van der Waals surface area contributed by atoms with E-state index in [4.69, 9.17) is 0 Å². The minimum Gasteiger partial charge on any atom is -0.349 e. The molecule has 1 aromatic rings. The standard InChI is InChI=1S/C16H24N2O3S/c1-3-17-22(20,21)15-10-6-13(7-11-15)16(19)18-14-8-4-12(2)5-9-14/h6-7,10-12,14,17H,3-5,8-9H2,1-2H3,(H,18,19). The van der Waals surface area contributed by atoms with Crippen LogP contribution in [0.25, 0.3) is 0 Å². The lowest BCUT2D eigenvalue weighted by Gasteiger charge is -2.26. The number of sulfonamides is 1. The largest absolute Gasteiger partial charge is 0.349 e. The number of carbonyl (C=O) groups is 1. The van der Waals surface area contributed by atoms with Crippen LogP contribution in [0.4, 0.5) is 0 Å². The van der Waals surface area contributed by atoms with Gasteiger partial charge < -0.3 is 5.32 Å². The molecule has 122 valence electrons. The molecule has 0 aromatic heterocycles. The normalized spacial score (nSPS) is 22.3. The molecule has 1 aliphatic rings. The van der Waals surface area contributed by atoms with E-state index in [0.717, 1.165) is 31.6 Å². The third kappa shape index (κ3) is 4.30. The smallest absolute Gasteiger partial charge is 0.251 e. The molecule has 22 heavy (non-hydrogen) atoms. The van der Waals surface area contributed by atoms with Crippen molar-refractivity contribution in [3.05, 3.63) is 29.8 Å². The first-order chi connectivity index (χ1) is 10.4. The number of hydrogen-bond donors (Lipinski definition) is 2. The molecule has 1 aromatic carbocycles. The highest BCUT2D eigenvalue weighted by Gasteiger charge is 2.20. The molecule has 6 heteroatoms. The molecule has 1 fully saturated rings. The molecule has 0 bridgehead atoms. The third-order valence-electron chi connectivity index (χ3n) is 4.11. The van der Waals surface area contributed by atoms with Crippen molar-refractivity contribution in [3.63, 3.8) is 0 Å². The van der Waals surface area contributed by atoms with E-state index in [1.54, 1.807) is 19.1 Å². The zero-order chi connectivity index (χ0) is 16.2. The summed E-state index contributed by atoms with van der Waals surface area (Å²) >= 11 is 0. The van der Waals surface area contributed by atoms with Crippen LogP contribution in [0.15, 0.2) is 29.2 Å². The van der Waals surface area contributed by atoms with Crippen molar-refractivity contribution < 1.29 is 13.2 Å². The molecule has 0 heterocycles. The maximum Gasteiger partial charge on any atom is 0.251 e. The average molecular weight is 324 g/mol. The van der Waals surface area contributed by atoms with Gasteiger partial charge in [-0.3, -0.25) is 4.79 Å². The van der Waals surface area contributed by atoms with Gasteiger partial charge in [-0.05, 0) is 55.9 Å². The number of rotatable bonds is 5. The molecular weight excluding hydrogens is 300 g/mol. The summed E-state index contributed by atoms with van der Waals surface area (Å²) in [5.74, 6) is 0.607. The van der Waals surface area contributed by atoms with Crippen LogP contribution in [0.3, 0.4) is 0 Å². The maximum atomic E-state index is 12.2. The number of nitrogens with one attached hydrogen (secondary N) is 2. The Morgan fingerprint density at radius 2 is 1.73 bits per heavy atom. The third-order valence-corrected chi connectivity index (χ3v) is 5.67. The summed E-state index contributed by atoms with van der Waals surface area (Å²) in [5.41, 5.74) is 0.495. The van der Waals surface area contributed by atoms with Crippen molar-refractivity contribution in [2.24, 2.45) is 5.92 Å². The zero-order valence-corrected chi connectivity index (χ0v) is 13.9. The van der Waals surface area contributed by atoms with Crippen LogP contribution < -0.4 is 10.0 Å². The summed E-state index contributed by atoms with van der Waals surface area (Å²) in [6.07, 6.45) is 4.31. The van der Waals surface area contributed by atoms with Crippen LogP contribution >= 0.6 is 0 Å². The van der Waals surface area contributed by atoms with Crippen LogP contribution in [-0.4, -0.2) is 26.9 Å². The van der Waals surface area contributed by atoms with E-state index in [0.29, 0.717) is 12.1 Å². The van der Waals surface area contributed by atoms with Crippen molar-refractivity contribution in [1.82, 2.24) is 10.0 Å². The molecule has 5 nitrogen and oxygen atoms in total. The van der Waals surface area contributed by atoms with Crippen molar-refractivity contribution in [2.75, 3.05) is 6.54 Å². The van der Waals surface area contributed by atoms with Gasteiger partial charge in [-0.2, -0.15) is 0 Å². The van der Waals surface area contributed by atoms with Gasteiger partial charge >= 0.3 is 0 Å². The first-order valence-electron chi connectivity index (χ1n) is 7.83. The zero-order valence-electron chi connectivity index (χ0n) is 13.1. The van der Waals surface area contributed by atoms with E-state index in [-0.39, 0.29) is 16.8 Å². The van der Waals surface area contributed by atoms with Gasteiger partial charge in [-0.25, -0.2) is 13.1 Å². The van der Waals surface area contributed by atoms with E-state index in [1.165, 1.54) is 12.1 Å². The van der Waals surface area contributed by atoms with Crippen LogP contribution in [0.5, 0.6) is 0 Å². The van der Waals surface area contributed by atoms with Gasteiger partial charge in [-0.1, -0.05) is 13.8 Å². The molecule has 0 saturated heterocycles. The summed E-state index contributed by atoms with van der Waals surface area (Å²) < 4.78 is 26.1. The molecule has 0 atom stereocenters. The van der Waals surface area contributed by atoms with Gasteiger partial charge in [-0.15, -0.1) is 0 Å². The van der Waals surface area contributed by atoms with Crippen molar-refractivity contribution in [1.29, 1.82) is 0 Å². The predicted octanol–water partition coefficient (Wildman–Crippen LogP) is 2.29. The van der Waals surface area contributed by atoms with E-state index in [2.05, 4.69) is 17.0 Å². The Hall–Kier alpha value is -1.40. The van der Waals surface area contributed by atoms with E-state index < -0.39 is 10.0 Å². The lowest BCUT2D eigenvalue weighted by Crippen LogP contribution is -2.37. The minimum absolute atomic E-state index is 0.132. The number of hydrogen-bond acceptors (Lipinski definition) is 3. The summed E-state index contributed by atoms with van der Waals surface area (Å²) in [5, 5.41) is 3.04. The van der Waals surface area contributed by atoms with Gasteiger partial charge in [0.25, 0.3) is 5.91 Å². The maximum absolute atomic E-state index is 12.2. The highest BCUT2D eigenvalue weighted by Crippen LogP contribution is 2.23.